The second-order valence-electron chi connectivity index (χ2n) is 8.88. The van der Waals surface area contributed by atoms with Crippen molar-refractivity contribution in [2.24, 2.45) is 0 Å². The minimum atomic E-state index is -0.101. The van der Waals surface area contributed by atoms with E-state index in [2.05, 4.69) is 32.6 Å². The number of fused-ring (bicyclic) bond motifs is 1. The molecule has 174 valence electrons. The zero-order valence-electron chi connectivity index (χ0n) is 19.4. The number of nitrogens with zero attached hydrogens (tertiary/aromatic N) is 6. The lowest BCUT2D eigenvalue weighted by molar-refractivity contribution is 0.0955. The zero-order chi connectivity index (χ0) is 23.8. The Morgan fingerprint density at radius 2 is 1.94 bits per heavy atom. The van der Waals surface area contributed by atoms with Gasteiger partial charge in [0.1, 0.15) is 0 Å². The van der Waals surface area contributed by atoms with Crippen LogP contribution in [-0.2, 0) is 6.42 Å². The lowest BCUT2D eigenvalue weighted by Gasteiger charge is -2.10. The molecule has 1 aliphatic rings. The molecule has 0 saturated heterocycles. The molecular weight excluding hydrogens is 438 g/mol. The van der Waals surface area contributed by atoms with Crippen molar-refractivity contribution in [1.82, 2.24) is 34.8 Å². The topological polar surface area (TPSA) is 90.5 Å². The Morgan fingerprint density at radius 1 is 1.09 bits per heavy atom. The SMILES string of the molecule is Cc1nn(-c2ccccn2)c2nc(C3CC3)cc(C(=O)NCCc3ccc(-n4cccn4)cc3)c12. The van der Waals surface area contributed by atoms with Crippen LogP contribution in [0.1, 0.15) is 46.1 Å². The molecule has 4 heterocycles. The number of amides is 1. The third-order valence-electron chi connectivity index (χ3n) is 6.34. The van der Waals surface area contributed by atoms with Crippen LogP contribution in [0.5, 0.6) is 0 Å². The minimum absolute atomic E-state index is 0.101. The predicted molar refractivity (Wildman–Crippen MR) is 133 cm³/mol. The summed E-state index contributed by atoms with van der Waals surface area (Å²) < 4.78 is 3.57. The Bertz CT molecular complexity index is 1480. The maximum absolute atomic E-state index is 13.3. The van der Waals surface area contributed by atoms with Gasteiger partial charge >= 0.3 is 0 Å². The molecule has 5 aromatic rings. The minimum Gasteiger partial charge on any atom is -0.352 e. The van der Waals surface area contributed by atoms with Crippen LogP contribution in [-0.4, -0.2) is 42.0 Å². The average Bonchev–Trinajstić information content (AvgIpc) is 3.49. The zero-order valence-corrected chi connectivity index (χ0v) is 19.4. The first-order valence-corrected chi connectivity index (χ1v) is 11.9. The second-order valence-corrected chi connectivity index (χ2v) is 8.88. The van der Waals surface area contributed by atoms with Crippen molar-refractivity contribution >= 4 is 16.9 Å². The number of pyridine rings is 2. The quantitative estimate of drug-likeness (QED) is 0.391. The number of carbonyl (C=O) groups is 1. The number of hydrogen-bond acceptors (Lipinski definition) is 5. The van der Waals surface area contributed by atoms with Gasteiger partial charge in [0.25, 0.3) is 5.91 Å². The molecule has 0 aliphatic heterocycles. The fourth-order valence-electron chi connectivity index (χ4n) is 4.37. The van der Waals surface area contributed by atoms with E-state index in [1.165, 1.54) is 0 Å². The molecule has 4 aromatic heterocycles. The number of aryl methyl sites for hydroxylation is 1. The van der Waals surface area contributed by atoms with E-state index in [9.17, 15) is 4.79 Å². The van der Waals surface area contributed by atoms with Crippen molar-refractivity contribution in [3.05, 3.63) is 95.7 Å². The van der Waals surface area contributed by atoms with Crippen LogP contribution in [0, 0.1) is 6.92 Å². The van der Waals surface area contributed by atoms with Crippen molar-refractivity contribution < 1.29 is 4.79 Å². The van der Waals surface area contributed by atoms with Gasteiger partial charge in [0.15, 0.2) is 11.5 Å². The molecule has 35 heavy (non-hydrogen) atoms. The van der Waals surface area contributed by atoms with Crippen molar-refractivity contribution in [3.63, 3.8) is 0 Å². The van der Waals surface area contributed by atoms with Crippen LogP contribution in [0.15, 0.2) is 73.2 Å². The maximum Gasteiger partial charge on any atom is 0.252 e. The van der Waals surface area contributed by atoms with Gasteiger partial charge in [0, 0.05) is 36.7 Å². The van der Waals surface area contributed by atoms with E-state index in [-0.39, 0.29) is 5.91 Å². The molecule has 1 amide bonds. The Kier molecular flexibility index (Phi) is 5.33. The van der Waals surface area contributed by atoms with Gasteiger partial charge in [-0.2, -0.15) is 14.9 Å². The smallest absolute Gasteiger partial charge is 0.252 e. The van der Waals surface area contributed by atoms with Gasteiger partial charge in [-0.3, -0.25) is 4.79 Å². The standard InChI is InChI=1S/C27H25N7O/c1-18-25-22(27(35)29-15-12-19-6-10-21(11-7-19)33-16-4-14-30-33)17-23(20-8-9-20)31-26(25)34(32-18)24-5-2-3-13-28-24/h2-7,10-11,13-14,16-17,20H,8-9,12,15H2,1H3,(H,29,35). The molecule has 1 aromatic carbocycles. The van der Waals surface area contributed by atoms with E-state index in [1.54, 1.807) is 17.1 Å². The van der Waals surface area contributed by atoms with E-state index in [1.807, 2.05) is 60.3 Å². The van der Waals surface area contributed by atoms with Gasteiger partial charge in [0.2, 0.25) is 0 Å². The Morgan fingerprint density at radius 3 is 2.66 bits per heavy atom. The van der Waals surface area contributed by atoms with Crippen LogP contribution >= 0.6 is 0 Å². The molecular formula is C27H25N7O. The highest BCUT2D eigenvalue weighted by atomic mass is 16.1. The predicted octanol–water partition coefficient (Wildman–Crippen LogP) is 4.16. The summed E-state index contributed by atoms with van der Waals surface area (Å²) in [5, 5.41) is 12.8. The van der Waals surface area contributed by atoms with Crippen molar-refractivity contribution in [2.75, 3.05) is 6.54 Å². The van der Waals surface area contributed by atoms with Crippen LogP contribution in [0.2, 0.25) is 0 Å². The first-order valence-electron chi connectivity index (χ1n) is 11.9. The summed E-state index contributed by atoms with van der Waals surface area (Å²) in [6, 6.07) is 17.7. The molecule has 0 bridgehead atoms. The van der Waals surface area contributed by atoms with Gasteiger partial charge in [-0.25, -0.2) is 14.6 Å². The van der Waals surface area contributed by atoms with Crippen molar-refractivity contribution in [2.45, 2.75) is 32.1 Å². The molecule has 1 N–H and O–H groups in total. The molecule has 8 nitrogen and oxygen atoms in total. The number of hydrogen-bond donors (Lipinski definition) is 1. The monoisotopic (exact) mass is 463 g/mol. The molecule has 0 radical (unpaired) electrons. The van der Waals surface area contributed by atoms with Crippen molar-refractivity contribution in [1.29, 1.82) is 0 Å². The van der Waals surface area contributed by atoms with Crippen molar-refractivity contribution in [3.8, 4) is 11.5 Å². The molecule has 1 fully saturated rings. The summed E-state index contributed by atoms with van der Waals surface area (Å²) in [5.41, 5.74) is 5.19. The van der Waals surface area contributed by atoms with Gasteiger partial charge in [-0.15, -0.1) is 0 Å². The Hall–Kier alpha value is -4.33. The number of nitrogens with one attached hydrogen (secondary N) is 1. The summed E-state index contributed by atoms with van der Waals surface area (Å²) >= 11 is 0. The van der Waals surface area contributed by atoms with Gasteiger partial charge in [-0.1, -0.05) is 18.2 Å². The molecule has 0 atom stereocenters. The van der Waals surface area contributed by atoms with Crippen LogP contribution in [0.4, 0.5) is 0 Å². The van der Waals surface area contributed by atoms with E-state index >= 15 is 0 Å². The molecule has 6 rings (SSSR count). The number of rotatable bonds is 7. The molecule has 1 aliphatic carbocycles. The Labute approximate surface area is 202 Å². The van der Waals surface area contributed by atoms with E-state index in [0.717, 1.165) is 47.3 Å². The van der Waals surface area contributed by atoms with E-state index in [4.69, 9.17) is 4.98 Å². The fraction of sp³-hybridized carbons (Fsp3) is 0.222. The number of carbonyl (C=O) groups excluding carboxylic acids is 1. The summed E-state index contributed by atoms with van der Waals surface area (Å²) in [5.74, 6) is 0.999. The highest BCUT2D eigenvalue weighted by molar-refractivity contribution is 6.06. The first kappa shape index (κ1) is 21.2. The van der Waals surface area contributed by atoms with E-state index in [0.29, 0.717) is 29.5 Å². The molecule has 0 unspecified atom stereocenters. The third kappa shape index (κ3) is 4.19. The summed E-state index contributed by atoms with van der Waals surface area (Å²) in [7, 11) is 0. The average molecular weight is 464 g/mol. The van der Waals surface area contributed by atoms with Crippen LogP contribution in [0.25, 0.3) is 22.5 Å². The molecule has 1 saturated carbocycles. The maximum atomic E-state index is 13.3. The highest BCUT2D eigenvalue weighted by Gasteiger charge is 2.29. The Balaban J connectivity index is 1.24. The first-order chi connectivity index (χ1) is 17.2. The fourth-order valence-corrected chi connectivity index (χ4v) is 4.37. The molecule has 8 heteroatoms. The molecule has 0 spiro atoms. The van der Waals surface area contributed by atoms with Gasteiger partial charge in [0.05, 0.1) is 22.3 Å². The van der Waals surface area contributed by atoms with Gasteiger partial charge in [-0.05, 0) is 68.1 Å². The number of aromatic nitrogens is 6. The second kappa shape index (κ2) is 8.79. The lowest BCUT2D eigenvalue weighted by Crippen LogP contribution is -2.26. The largest absolute Gasteiger partial charge is 0.352 e. The summed E-state index contributed by atoms with van der Waals surface area (Å²) in [6.07, 6.45) is 8.35. The van der Waals surface area contributed by atoms with Gasteiger partial charge < -0.3 is 5.32 Å². The van der Waals surface area contributed by atoms with Crippen LogP contribution < -0.4 is 5.32 Å². The van der Waals surface area contributed by atoms with Crippen LogP contribution in [0.3, 0.4) is 0 Å². The third-order valence-corrected chi connectivity index (χ3v) is 6.34. The summed E-state index contributed by atoms with van der Waals surface area (Å²) in [4.78, 5) is 22.7. The normalized spacial score (nSPS) is 13.3. The summed E-state index contributed by atoms with van der Waals surface area (Å²) in [6.45, 7) is 2.45. The highest BCUT2D eigenvalue weighted by Crippen LogP contribution is 2.40. The number of benzene rings is 1. The van der Waals surface area contributed by atoms with E-state index < -0.39 is 0 Å². The lowest BCUT2D eigenvalue weighted by atomic mass is 10.1.